The van der Waals surface area contributed by atoms with Crippen LogP contribution in [0, 0.1) is 17.0 Å². The Bertz CT molecular complexity index is 1150. The van der Waals surface area contributed by atoms with Crippen LogP contribution in [0.25, 0.3) is 0 Å². The Hall–Kier alpha value is -3.02. The Balaban J connectivity index is 2.21. The van der Waals surface area contributed by atoms with Gasteiger partial charge in [-0.25, -0.2) is 17.5 Å². The van der Waals surface area contributed by atoms with Crippen molar-refractivity contribution in [3.8, 4) is 0 Å². The Kier molecular flexibility index (Phi) is 7.37. The molecule has 0 aliphatic heterocycles. The number of amides is 1. The third kappa shape index (κ3) is 5.57. The number of nitrogens with one attached hydrogen (secondary N) is 1. The van der Waals surface area contributed by atoms with Crippen molar-refractivity contribution in [3.63, 3.8) is 0 Å². The second-order valence-corrected chi connectivity index (χ2v) is 9.31. The molecule has 1 unspecified atom stereocenters. The van der Waals surface area contributed by atoms with Gasteiger partial charge >= 0.3 is 5.97 Å². The molecule has 0 bridgehead atoms. The SMILES string of the molecule is Cc1ccc(S(=O)(=O)N(C)C)cc1NC(=O)C(C)OC(=O)c1ccc(Cl)cc1[N+](=O)[O-]. The summed E-state index contributed by atoms with van der Waals surface area (Å²) >= 11 is 5.72. The lowest BCUT2D eigenvalue weighted by Gasteiger charge is -2.17. The number of nitro benzene ring substituents is 1. The lowest BCUT2D eigenvalue weighted by atomic mass is 10.2. The van der Waals surface area contributed by atoms with Gasteiger partial charge in [-0.05, 0) is 43.7 Å². The molecule has 0 fully saturated rings. The van der Waals surface area contributed by atoms with Crippen molar-refractivity contribution in [2.24, 2.45) is 0 Å². The van der Waals surface area contributed by atoms with E-state index < -0.39 is 38.6 Å². The number of aryl methyl sites for hydroxylation is 1. The van der Waals surface area contributed by atoms with Crippen LogP contribution in [0.4, 0.5) is 11.4 Å². The monoisotopic (exact) mass is 469 g/mol. The number of halogens is 1. The van der Waals surface area contributed by atoms with Crippen molar-refractivity contribution in [3.05, 3.63) is 62.7 Å². The minimum Gasteiger partial charge on any atom is -0.449 e. The van der Waals surface area contributed by atoms with Crippen LogP contribution >= 0.6 is 11.6 Å². The van der Waals surface area contributed by atoms with Crippen molar-refractivity contribution < 1.29 is 27.7 Å². The summed E-state index contributed by atoms with van der Waals surface area (Å²) in [4.78, 5) is 35.2. The number of ether oxygens (including phenoxy) is 1. The zero-order valence-corrected chi connectivity index (χ0v) is 18.7. The number of benzene rings is 2. The summed E-state index contributed by atoms with van der Waals surface area (Å²) in [6.45, 7) is 2.94. The van der Waals surface area contributed by atoms with Crippen molar-refractivity contribution in [1.29, 1.82) is 0 Å². The maximum Gasteiger partial charge on any atom is 0.345 e. The molecule has 0 aromatic heterocycles. The third-order valence-corrected chi connectivity index (χ3v) is 6.32. The van der Waals surface area contributed by atoms with Gasteiger partial charge in [-0.3, -0.25) is 14.9 Å². The van der Waals surface area contributed by atoms with Crippen LogP contribution in [-0.4, -0.2) is 49.7 Å². The minimum absolute atomic E-state index is 0.0279. The van der Waals surface area contributed by atoms with E-state index in [0.29, 0.717) is 5.56 Å². The lowest BCUT2D eigenvalue weighted by Crippen LogP contribution is -2.30. The summed E-state index contributed by atoms with van der Waals surface area (Å²) in [6, 6.07) is 7.65. The van der Waals surface area contributed by atoms with E-state index >= 15 is 0 Å². The number of hydrogen-bond donors (Lipinski definition) is 1. The average molecular weight is 470 g/mol. The van der Waals surface area contributed by atoms with Crippen LogP contribution in [0.2, 0.25) is 5.02 Å². The molecule has 2 aromatic carbocycles. The molecule has 0 saturated carbocycles. The summed E-state index contributed by atoms with van der Waals surface area (Å²) in [7, 11) is -0.962. The van der Waals surface area contributed by atoms with Crippen molar-refractivity contribution in [2.75, 3.05) is 19.4 Å². The van der Waals surface area contributed by atoms with E-state index in [-0.39, 0.29) is 21.2 Å². The summed E-state index contributed by atoms with van der Waals surface area (Å²) in [6.07, 6.45) is -1.32. The number of nitro groups is 1. The molecule has 0 aliphatic carbocycles. The first-order valence-electron chi connectivity index (χ1n) is 8.83. The number of carbonyl (C=O) groups is 2. The molecule has 1 atom stereocenters. The fourth-order valence-electron chi connectivity index (χ4n) is 2.45. The first kappa shape index (κ1) is 24.3. The van der Waals surface area contributed by atoms with E-state index in [1.807, 2.05) is 0 Å². The molecule has 0 radical (unpaired) electrons. The molecule has 166 valence electrons. The average Bonchev–Trinajstić information content (AvgIpc) is 2.68. The summed E-state index contributed by atoms with van der Waals surface area (Å²) < 4.78 is 30.7. The lowest BCUT2D eigenvalue weighted by molar-refractivity contribution is -0.385. The highest BCUT2D eigenvalue weighted by molar-refractivity contribution is 7.89. The molecule has 12 heteroatoms. The Morgan fingerprint density at radius 3 is 2.42 bits per heavy atom. The van der Waals surface area contributed by atoms with E-state index in [1.54, 1.807) is 6.92 Å². The minimum atomic E-state index is -3.72. The predicted molar refractivity (Wildman–Crippen MR) is 114 cm³/mol. The highest BCUT2D eigenvalue weighted by Gasteiger charge is 2.26. The fourth-order valence-corrected chi connectivity index (χ4v) is 3.54. The van der Waals surface area contributed by atoms with Gasteiger partial charge in [-0.2, -0.15) is 0 Å². The second-order valence-electron chi connectivity index (χ2n) is 6.72. The number of esters is 1. The van der Waals surface area contributed by atoms with Gasteiger partial charge < -0.3 is 10.1 Å². The fraction of sp³-hybridized carbons (Fsp3) is 0.263. The molecular formula is C19H20ClN3O7S. The topological polar surface area (TPSA) is 136 Å². The molecule has 10 nitrogen and oxygen atoms in total. The zero-order chi connectivity index (χ0) is 23.5. The summed E-state index contributed by atoms with van der Waals surface area (Å²) in [5.41, 5.74) is -0.113. The van der Waals surface area contributed by atoms with Gasteiger partial charge in [0, 0.05) is 30.9 Å². The molecule has 0 spiro atoms. The van der Waals surface area contributed by atoms with Crippen molar-refractivity contribution in [2.45, 2.75) is 24.8 Å². The maximum absolute atomic E-state index is 12.5. The van der Waals surface area contributed by atoms with Gasteiger partial charge in [0.25, 0.3) is 11.6 Å². The number of sulfonamides is 1. The zero-order valence-electron chi connectivity index (χ0n) is 17.1. The largest absolute Gasteiger partial charge is 0.449 e. The van der Waals surface area contributed by atoms with Gasteiger partial charge in [-0.1, -0.05) is 17.7 Å². The Morgan fingerprint density at radius 1 is 1.19 bits per heavy atom. The molecule has 31 heavy (non-hydrogen) atoms. The Morgan fingerprint density at radius 2 is 1.84 bits per heavy atom. The van der Waals surface area contributed by atoms with Crippen LogP contribution in [0.15, 0.2) is 41.3 Å². The predicted octanol–water partition coefficient (Wildman–Crippen LogP) is 2.99. The molecule has 1 N–H and O–H groups in total. The number of rotatable bonds is 7. The normalized spacial score (nSPS) is 12.3. The molecule has 1 amide bonds. The number of carbonyl (C=O) groups excluding carboxylic acids is 2. The van der Waals surface area contributed by atoms with Crippen LogP contribution in [0.5, 0.6) is 0 Å². The smallest absolute Gasteiger partial charge is 0.345 e. The van der Waals surface area contributed by atoms with Gasteiger partial charge in [0.05, 0.1) is 9.82 Å². The first-order valence-corrected chi connectivity index (χ1v) is 10.7. The van der Waals surface area contributed by atoms with E-state index in [0.717, 1.165) is 16.4 Å². The second kappa shape index (κ2) is 9.41. The van der Waals surface area contributed by atoms with Crippen LogP contribution in [0.1, 0.15) is 22.8 Å². The summed E-state index contributed by atoms with van der Waals surface area (Å²) in [5.74, 6) is -1.82. The number of anilines is 1. The van der Waals surface area contributed by atoms with Crippen LogP contribution in [-0.2, 0) is 19.6 Å². The summed E-state index contributed by atoms with van der Waals surface area (Å²) in [5, 5.41) is 13.7. The van der Waals surface area contributed by atoms with E-state index in [4.69, 9.17) is 16.3 Å². The first-order chi connectivity index (χ1) is 14.3. The highest BCUT2D eigenvalue weighted by atomic mass is 35.5. The van der Waals surface area contributed by atoms with Crippen molar-refractivity contribution in [1.82, 2.24) is 4.31 Å². The van der Waals surface area contributed by atoms with Crippen LogP contribution < -0.4 is 5.32 Å². The van der Waals surface area contributed by atoms with Gasteiger partial charge in [0.1, 0.15) is 5.56 Å². The molecule has 2 aromatic rings. The maximum atomic E-state index is 12.5. The van der Waals surface area contributed by atoms with E-state index in [9.17, 15) is 28.1 Å². The Labute approximate surface area is 184 Å². The van der Waals surface area contributed by atoms with Crippen LogP contribution in [0.3, 0.4) is 0 Å². The quantitative estimate of drug-likeness (QED) is 0.374. The molecule has 0 aliphatic rings. The van der Waals surface area contributed by atoms with Crippen molar-refractivity contribution >= 4 is 44.9 Å². The molecule has 0 saturated heterocycles. The molecular weight excluding hydrogens is 450 g/mol. The molecule has 0 heterocycles. The molecule has 2 rings (SSSR count). The van der Waals surface area contributed by atoms with Gasteiger partial charge in [0.2, 0.25) is 10.0 Å². The number of hydrogen-bond acceptors (Lipinski definition) is 7. The van der Waals surface area contributed by atoms with Gasteiger partial charge in [-0.15, -0.1) is 0 Å². The van der Waals surface area contributed by atoms with E-state index in [1.165, 1.54) is 45.3 Å². The third-order valence-electron chi connectivity index (χ3n) is 4.27. The standard InChI is InChI=1S/C19H20ClN3O7S/c1-11-5-7-14(31(28,29)22(3)4)10-16(11)21-18(24)12(2)30-19(25)15-8-6-13(20)9-17(15)23(26)27/h5-10,12H,1-4H3,(H,21,24). The number of nitrogens with zero attached hydrogens (tertiary/aromatic N) is 2. The van der Waals surface area contributed by atoms with E-state index in [2.05, 4.69) is 5.32 Å². The highest BCUT2D eigenvalue weighted by Crippen LogP contribution is 2.25. The van der Waals surface area contributed by atoms with Gasteiger partial charge in [0.15, 0.2) is 6.10 Å².